The van der Waals surface area contributed by atoms with Crippen LogP contribution in [0.1, 0.15) is 30.0 Å². The average Bonchev–Trinajstić information content (AvgIpc) is 3.05. The number of amides is 1. The van der Waals surface area contributed by atoms with E-state index in [1.165, 1.54) is 0 Å². The Morgan fingerprint density at radius 3 is 2.62 bits per heavy atom. The molecule has 1 aliphatic heterocycles. The van der Waals surface area contributed by atoms with Crippen LogP contribution in [-0.2, 0) is 4.79 Å². The number of carbonyl (C=O) groups excluding carboxylic acids is 1. The van der Waals surface area contributed by atoms with Crippen LogP contribution in [0.15, 0.2) is 48.5 Å². The fraction of sp³-hybridized carbons (Fsp3) is 0.316. The fourth-order valence-corrected chi connectivity index (χ4v) is 3.78. The molecule has 0 saturated carbocycles. The zero-order chi connectivity index (χ0) is 17.1. The predicted molar refractivity (Wildman–Crippen MR) is 98.6 cm³/mol. The van der Waals surface area contributed by atoms with Gasteiger partial charge in [-0.05, 0) is 30.2 Å². The van der Waals surface area contributed by atoms with Gasteiger partial charge in [0.1, 0.15) is 0 Å². The summed E-state index contributed by atoms with van der Waals surface area (Å²) in [6, 6.07) is 15.4. The van der Waals surface area contributed by atoms with Crippen molar-refractivity contribution in [2.24, 2.45) is 5.92 Å². The molecule has 1 fully saturated rings. The lowest BCUT2D eigenvalue weighted by atomic mass is 9.88. The number of nitrogens with one attached hydrogen (secondary N) is 2. The van der Waals surface area contributed by atoms with Crippen LogP contribution in [-0.4, -0.2) is 19.0 Å². The molecule has 0 aliphatic carbocycles. The number of benzene rings is 2. The molecular formula is C19H20Cl2N2O. The first-order valence-corrected chi connectivity index (χ1v) is 8.83. The van der Waals surface area contributed by atoms with Crippen LogP contribution in [0, 0.1) is 5.92 Å². The molecule has 0 unspecified atom stereocenters. The summed E-state index contributed by atoms with van der Waals surface area (Å²) < 4.78 is 0. The Balaban J connectivity index is 1.74. The summed E-state index contributed by atoms with van der Waals surface area (Å²) in [4.78, 5) is 12.8. The largest absolute Gasteiger partial charge is 0.349 e. The summed E-state index contributed by atoms with van der Waals surface area (Å²) in [6.45, 7) is 3.38. The normalized spacial score (nSPS) is 21.5. The van der Waals surface area contributed by atoms with Gasteiger partial charge in [-0.1, -0.05) is 59.6 Å². The monoisotopic (exact) mass is 362 g/mol. The van der Waals surface area contributed by atoms with Gasteiger partial charge in [-0.2, -0.15) is 0 Å². The van der Waals surface area contributed by atoms with Gasteiger partial charge in [0, 0.05) is 29.1 Å². The zero-order valence-corrected chi connectivity index (χ0v) is 14.9. The highest BCUT2D eigenvalue weighted by Crippen LogP contribution is 2.34. The molecule has 1 aliphatic rings. The lowest BCUT2D eigenvalue weighted by Crippen LogP contribution is -2.36. The smallest absolute Gasteiger partial charge is 0.225 e. The Kier molecular flexibility index (Phi) is 5.44. The van der Waals surface area contributed by atoms with Gasteiger partial charge < -0.3 is 10.6 Å². The fourth-order valence-electron chi connectivity index (χ4n) is 3.23. The number of hydrogen-bond donors (Lipinski definition) is 2. The van der Waals surface area contributed by atoms with Crippen molar-refractivity contribution in [2.75, 3.05) is 13.1 Å². The maximum atomic E-state index is 12.8. The Hall–Kier alpha value is -1.55. The number of carbonyl (C=O) groups is 1. The molecule has 2 N–H and O–H groups in total. The summed E-state index contributed by atoms with van der Waals surface area (Å²) in [7, 11) is 0. The van der Waals surface area contributed by atoms with Crippen LogP contribution in [0.3, 0.4) is 0 Å². The predicted octanol–water partition coefficient (Wildman–Crippen LogP) is 4.17. The standard InChI is InChI=1S/C19H20Cl2N2O/c1-12(13-5-3-2-4-6-13)23-19(24)17-11-22-10-16(17)15-8-7-14(20)9-18(15)21/h2-9,12,16-17,22H,10-11H2,1H3,(H,23,24)/t12-,16-,17+/m0/s1. The first-order valence-electron chi connectivity index (χ1n) is 8.07. The molecule has 3 atom stereocenters. The highest BCUT2D eigenvalue weighted by molar-refractivity contribution is 6.35. The molecule has 1 amide bonds. The highest BCUT2D eigenvalue weighted by atomic mass is 35.5. The van der Waals surface area contributed by atoms with Crippen molar-refractivity contribution in [3.05, 3.63) is 69.7 Å². The molecule has 0 radical (unpaired) electrons. The molecule has 0 spiro atoms. The molecule has 2 aromatic carbocycles. The molecule has 3 rings (SSSR count). The number of hydrogen-bond acceptors (Lipinski definition) is 2. The maximum Gasteiger partial charge on any atom is 0.225 e. The van der Waals surface area contributed by atoms with Crippen LogP contribution >= 0.6 is 23.2 Å². The van der Waals surface area contributed by atoms with Crippen molar-refractivity contribution in [3.63, 3.8) is 0 Å². The molecule has 0 bridgehead atoms. The number of halogens is 2. The van der Waals surface area contributed by atoms with Gasteiger partial charge in [0.15, 0.2) is 0 Å². The molecule has 1 heterocycles. The second kappa shape index (κ2) is 7.56. The first-order chi connectivity index (χ1) is 11.6. The third kappa shape index (κ3) is 3.75. The molecule has 2 aromatic rings. The molecule has 24 heavy (non-hydrogen) atoms. The molecule has 5 heteroatoms. The minimum Gasteiger partial charge on any atom is -0.349 e. The minimum atomic E-state index is -0.144. The van der Waals surface area contributed by atoms with Gasteiger partial charge in [0.05, 0.1) is 12.0 Å². The average molecular weight is 363 g/mol. The summed E-state index contributed by atoms with van der Waals surface area (Å²) in [5, 5.41) is 7.65. The van der Waals surface area contributed by atoms with E-state index in [1.807, 2.05) is 49.4 Å². The third-order valence-electron chi connectivity index (χ3n) is 4.57. The lowest BCUT2D eigenvalue weighted by molar-refractivity contribution is -0.125. The van der Waals surface area contributed by atoms with Crippen molar-refractivity contribution >= 4 is 29.1 Å². The topological polar surface area (TPSA) is 41.1 Å². The Bertz CT molecular complexity index is 721. The van der Waals surface area contributed by atoms with Crippen molar-refractivity contribution in [3.8, 4) is 0 Å². The molecule has 1 saturated heterocycles. The Morgan fingerprint density at radius 2 is 1.92 bits per heavy atom. The van der Waals surface area contributed by atoms with Gasteiger partial charge in [-0.25, -0.2) is 0 Å². The van der Waals surface area contributed by atoms with E-state index in [-0.39, 0.29) is 23.8 Å². The van der Waals surface area contributed by atoms with Crippen LogP contribution in [0.25, 0.3) is 0 Å². The van der Waals surface area contributed by atoms with Crippen molar-refractivity contribution < 1.29 is 4.79 Å². The highest BCUT2D eigenvalue weighted by Gasteiger charge is 2.35. The van der Waals surface area contributed by atoms with E-state index in [2.05, 4.69) is 10.6 Å². The summed E-state index contributed by atoms with van der Waals surface area (Å²) in [5.41, 5.74) is 2.07. The zero-order valence-electron chi connectivity index (χ0n) is 13.4. The van der Waals surface area contributed by atoms with Crippen LogP contribution in [0.4, 0.5) is 0 Å². The van der Waals surface area contributed by atoms with E-state index >= 15 is 0 Å². The summed E-state index contributed by atoms with van der Waals surface area (Å²) >= 11 is 12.3. The molecular weight excluding hydrogens is 343 g/mol. The SMILES string of the molecule is C[C@H](NC(=O)[C@@H]1CNC[C@H]1c1ccc(Cl)cc1Cl)c1ccccc1. The minimum absolute atomic E-state index is 0.0272. The lowest BCUT2D eigenvalue weighted by Gasteiger charge is -2.22. The van der Waals surface area contributed by atoms with Crippen molar-refractivity contribution in [1.82, 2.24) is 10.6 Å². The van der Waals surface area contributed by atoms with Crippen LogP contribution in [0.5, 0.6) is 0 Å². The van der Waals surface area contributed by atoms with Gasteiger partial charge in [-0.3, -0.25) is 4.79 Å². The van der Waals surface area contributed by atoms with Gasteiger partial charge >= 0.3 is 0 Å². The van der Waals surface area contributed by atoms with Gasteiger partial charge in [-0.15, -0.1) is 0 Å². The quantitative estimate of drug-likeness (QED) is 0.856. The molecule has 126 valence electrons. The first kappa shape index (κ1) is 17.3. The Labute approximate surface area is 152 Å². The van der Waals surface area contributed by atoms with E-state index in [0.717, 1.165) is 17.7 Å². The second-order valence-electron chi connectivity index (χ2n) is 6.18. The van der Waals surface area contributed by atoms with E-state index in [0.29, 0.717) is 16.6 Å². The van der Waals surface area contributed by atoms with Crippen LogP contribution in [0.2, 0.25) is 10.0 Å². The molecule has 0 aromatic heterocycles. The summed E-state index contributed by atoms with van der Waals surface area (Å²) in [6.07, 6.45) is 0. The maximum absolute atomic E-state index is 12.8. The van der Waals surface area contributed by atoms with E-state index in [1.54, 1.807) is 6.07 Å². The van der Waals surface area contributed by atoms with Gasteiger partial charge in [0.25, 0.3) is 0 Å². The molecule has 3 nitrogen and oxygen atoms in total. The number of rotatable bonds is 4. The van der Waals surface area contributed by atoms with E-state index < -0.39 is 0 Å². The third-order valence-corrected chi connectivity index (χ3v) is 5.13. The van der Waals surface area contributed by atoms with E-state index in [9.17, 15) is 4.79 Å². The van der Waals surface area contributed by atoms with Crippen molar-refractivity contribution in [1.29, 1.82) is 0 Å². The Morgan fingerprint density at radius 1 is 1.17 bits per heavy atom. The summed E-state index contributed by atoms with van der Waals surface area (Å²) in [5.74, 6) is -0.0417. The van der Waals surface area contributed by atoms with Crippen LogP contribution < -0.4 is 10.6 Å². The van der Waals surface area contributed by atoms with Gasteiger partial charge in [0.2, 0.25) is 5.91 Å². The van der Waals surface area contributed by atoms with E-state index in [4.69, 9.17) is 23.2 Å². The van der Waals surface area contributed by atoms with Crippen molar-refractivity contribution in [2.45, 2.75) is 18.9 Å². The second-order valence-corrected chi connectivity index (χ2v) is 7.02.